The van der Waals surface area contributed by atoms with Gasteiger partial charge in [-0.05, 0) is 30.9 Å². The fourth-order valence-corrected chi connectivity index (χ4v) is 1.76. The van der Waals surface area contributed by atoms with Gasteiger partial charge in [0.15, 0.2) is 5.82 Å². The van der Waals surface area contributed by atoms with Gasteiger partial charge in [0.25, 0.3) is 0 Å². The number of hydrogen-bond donors (Lipinski definition) is 1. The number of nitrogen functional groups attached to an aromatic ring is 1. The van der Waals surface area contributed by atoms with E-state index in [1.54, 1.807) is 4.68 Å². The van der Waals surface area contributed by atoms with Gasteiger partial charge in [0.05, 0.1) is 11.4 Å². The molecule has 0 atom stereocenters. The van der Waals surface area contributed by atoms with E-state index in [9.17, 15) is 0 Å². The third-order valence-electron chi connectivity index (χ3n) is 2.50. The molecule has 5 nitrogen and oxygen atoms in total. The highest BCUT2D eigenvalue weighted by molar-refractivity contribution is 5.39. The Kier molecular flexibility index (Phi) is 3.07. The average Bonchev–Trinajstić information content (AvgIpc) is 2.58. The van der Waals surface area contributed by atoms with Crippen LogP contribution in [-0.4, -0.2) is 20.0 Å². The molecule has 2 aromatic rings. The molecule has 0 saturated carbocycles. The van der Waals surface area contributed by atoms with Crippen LogP contribution in [0.25, 0.3) is 5.82 Å². The van der Waals surface area contributed by atoms with Crippen molar-refractivity contribution in [3.05, 3.63) is 29.6 Å². The second-order valence-corrected chi connectivity index (χ2v) is 5.74. The second-order valence-electron chi connectivity index (χ2n) is 5.74. The highest BCUT2D eigenvalue weighted by Crippen LogP contribution is 2.22. The zero-order valence-electron chi connectivity index (χ0n) is 11.3. The first kappa shape index (κ1) is 12.5. The van der Waals surface area contributed by atoms with Crippen molar-refractivity contribution < 1.29 is 0 Å². The zero-order chi connectivity index (χ0) is 13.3. The molecule has 0 bridgehead atoms. The quantitative estimate of drug-likeness (QED) is 0.880. The summed E-state index contributed by atoms with van der Waals surface area (Å²) in [6.07, 6.45) is 0.878. The van der Waals surface area contributed by atoms with E-state index in [0.717, 1.165) is 17.8 Å². The highest BCUT2D eigenvalue weighted by atomic mass is 15.4. The summed E-state index contributed by atoms with van der Waals surface area (Å²) in [4.78, 5) is 0. The van der Waals surface area contributed by atoms with Crippen molar-refractivity contribution in [2.75, 3.05) is 5.73 Å². The molecule has 0 unspecified atom stereocenters. The van der Waals surface area contributed by atoms with Gasteiger partial charge in [-0.1, -0.05) is 20.8 Å². The van der Waals surface area contributed by atoms with Crippen molar-refractivity contribution in [2.24, 2.45) is 5.41 Å². The normalized spacial score (nSPS) is 11.8. The molecule has 0 saturated heterocycles. The Morgan fingerprint density at radius 3 is 2.50 bits per heavy atom. The van der Waals surface area contributed by atoms with Gasteiger partial charge in [0, 0.05) is 6.07 Å². The standard InChI is InChI=1S/C13H19N5/c1-9-5-6-12(16-15-9)18-11(14)7-10(17-18)8-13(2,3)4/h5-7H,8,14H2,1-4H3. The lowest BCUT2D eigenvalue weighted by molar-refractivity contribution is 0.405. The third kappa shape index (κ3) is 2.85. The fraction of sp³-hybridized carbons (Fsp3) is 0.462. The Hall–Kier alpha value is -1.91. The van der Waals surface area contributed by atoms with Crippen molar-refractivity contribution in [3.8, 4) is 5.82 Å². The van der Waals surface area contributed by atoms with Gasteiger partial charge in [-0.15, -0.1) is 5.10 Å². The van der Waals surface area contributed by atoms with Crippen LogP contribution in [0.2, 0.25) is 0 Å². The van der Waals surface area contributed by atoms with Gasteiger partial charge in [-0.2, -0.15) is 14.9 Å². The monoisotopic (exact) mass is 245 g/mol. The van der Waals surface area contributed by atoms with E-state index in [1.165, 1.54) is 0 Å². The molecular weight excluding hydrogens is 226 g/mol. The number of nitrogens with zero attached hydrogens (tertiary/aromatic N) is 4. The van der Waals surface area contributed by atoms with E-state index < -0.39 is 0 Å². The topological polar surface area (TPSA) is 69.6 Å². The van der Waals surface area contributed by atoms with Crippen LogP contribution in [0.3, 0.4) is 0 Å². The molecule has 0 spiro atoms. The summed E-state index contributed by atoms with van der Waals surface area (Å²) in [6, 6.07) is 5.66. The van der Waals surface area contributed by atoms with E-state index >= 15 is 0 Å². The molecule has 0 aliphatic rings. The van der Waals surface area contributed by atoms with Crippen LogP contribution in [0.1, 0.15) is 32.2 Å². The van der Waals surface area contributed by atoms with Gasteiger partial charge in [-0.3, -0.25) is 0 Å². The highest BCUT2D eigenvalue weighted by Gasteiger charge is 2.15. The molecule has 0 radical (unpaired) electrons. The lowest BCUT2D eigenvalue weighted by atomic mass is 9.91. The minimum absolute atomic E-state index is 0.185. The fourth-order valence-electron chi connectivity index (χ4n) is 1.76. The Balaban J connectivity index is 2.32. The van der Waals surface area contributed by atoms with E-state index in [-0.39, 0.29) is 5.41 Å². The summed E-state index contributed by atoms with van der Waals surface area (Å²) < 4.78 is 1.63. The smallest absolute Gasteiger partial charge is 0.178 e. The molecule has 0 fully saturated rings. The summed E-state index contributed by atoms with van der Waals surface area (Å²) in [5.41, 5.74) is 8.00. The second kappa shape index (κ2) is 4.40. The number of nitrogens with two attached hydrogens (primary N) is 1. The minimum atomic E-state index is 0.185. The van der Waals surface area contributed by atoms with Crippen LogP contribution in [0.15, 0.2) is 18.2 Å². The lowest BCUT2D eigenvalue weighted by Gasteiger charge is -2.15. The van der Waals surface area contributed by atoms with Gasteiger partial charge in [-0.25, -0.2) is 0 Å². The van der Waals surface area contributed by atoms with E-state index in [2.05, 4.69) is 36.1 Å². The minimum Gasteiger partial charge on any atom is -0.384 e. The molecule has 0 amide bonds. The lowest BCUT2D eigenvalue weighted by Crippen LogP contribution is -2.10. The van der Waals surface area contributed by atoms with Crippen LogP contribution in [-0.2, 0) is 6.42 Å². The Labute approximate surface area is 107 Å². The Bertz CT molecular complexity index is 533. The first-order valence-corrected chi connectivity index (χ1v) is 6.00. The number of aryl methyl sites for hydroxylation is 1. The van der Waals surface area contributed by atoms with Crippen LogP contribution < -0.4 is 5.73 Å². The molecule has 2 rings (SSSR count). The summed E-state index contributed by atoms with van der Waals surface area (Å²) in [5, 5.41) is 12.6. The van der Waals surface area contributed by atoms with Crippen molar-refractivity contribution in [1.82, 2.24) is 20.0 Å². The summed E-state index contributed by atoms with van der Waals surface area (Å²) in [7, 11) is 0. The average molecular weight is 245 g/mol. The molecule has 0 aliphatic carbocycles. The molecule has 96 valence electrons. The zero-order valence-corrected chi connectivity index (χ0v) is 11.3. The third-order valence-corrected chi connectivity index (χ3v) is 2.50. The van der Waals surface area contributed by atoms with Gasteiger partial charge < -0.3 is 5.73 Å². The first-order valence-electron chi connectivity index (χ1n) is 6.00. The predicted molar refractivity (Wildman–Crippen MR) is 71.5 cm³/mol. The van der Waals surface area contributed by atoms with Crippen molar-refractivity contribution in [1.29, 1.82) is 0 Å². The van der Waals surface area contributed by atoms with Crippen LogP contribution in [0.4, 0.5) is 5.82 Å². The first-order chi connectivity index (χ1) is 8.35. The maximum atomic E-state index is 5.96. The number of hydrogen-bond acceptors (Lipinski definition) is 4. The molecule has 2 aromatic heterocycles. The van der Waals surface area contributed by atoms with Crippen molar-refractivity contribution in [2.45, 2.75) is 34.1 Å². The predicted octanol–water partition coefficient (Wildman–Crippen LogP) is 2.14. The molecule has 2 N–H and O–H groups in total. The Morgan fingerprint density at radius 2 is 1.94 bits per heavy atom. The Morgan fingerprint density at radius 1 is 1.22 bits per heavy atom. The van der Waals surface area contributed by atoms with Crippen molar-refractivity contribution in [3.63, 3.8) is 0 Å². The van der Waals surface area contributed by atoms with E-state index in [1.807, 2.05) is 25.1 Å². The summed E-state index contributed by atoms with van der Waals surface area (Å²) >= 11 is 0. The molecule has 5 heteroatoms. The molecule has 0 aromatic carbocycles. The maximum Gasteiger partial charge on any atom is 0.178 e. The van der Waals surface area contributed by atoms with Gasteiger partial charge >= 0.3 is 0 Å². The van der Waals surface area contributed by atoms with Crippen LogP contribution in [0, 0.1) is 12.3 Å². The van der Waals surface area contributed by atoms with Gasteiger partial charge in [0.2, 0.25) is 0 Å². The SMILES string of the molecule is Cc1ccc(-n2nc(CC(C)(C)C)cc2N)nn1. The number of rotatable bonds is 2. The molecule has 0 aliphatic heterocycles. The molecule has 18 heavy (non-hydrogen) atoms. The van der Waals surface area contributed by atoms with Gasteiger partial charge in [0.1, 0.15) is 5.82 Å². The van der Waals surface area contributed by atoms with Crippen molar-refractivity contribution >= 4 is 5.82 Å². The van der Waals surface area contributed by atoms with Crippen LogP contribution >= 0.6 is 0 Å². The van der Waals surface area contributed by atoms with E-state index in [4.69, 9.17) is 5.73 Å². The summed E-state index contributed by atoms with van der Waals surface area (Å²) in [6.45, 7) is 8.42. The summed E-state index contributed by atoms with van der Waals surface area (Å²) in [5.74, 6) is 1.24. The molecular formula is C13H19N5. The van der Waals surface area contributed by atoms with E-state index in [0.29, 0.717) is 11.6 Å². The number of aromatic nitrogens is 4. The largest absolute Gasteiger partial charge is 0.384 e. The maximum absolute atomic E-state index is 5.96. The number of anilines is 1. The molecule has 2 heterocycles. The van der Waals surface area contributed by atoms with Crippen LogP contribution in [0.5, 0.6) is 0 Å².